The summed E-state index contributed by atoms with van der Waals surface area (Å²) in [5.74, 6) is 0. The third-order valence-electron chi connectivity index (χ3n) is 1.58. The Morgan fingerprint density at radius 2 is 1.60 bits per heavy atom. The molecule has 0 unspecified atom stereocenters. The van der Waals surface area contributed by atoms with Crippen LogP contribution in [0.2, 0.25) is 19.6 Å². The van der Waals surface area contributed by atoms with Gasteiger partial charge in [0.15, 0.2) is 8.24 Å². The molecule has 1 aliphatic heterocycles. The molecule has 0 radical (unpaired) electrons. The number of rotatable bonds is 1. The Bertz CT molecular complexity index is 153. The van der Waals surface area contributed by atoms with Crippen LogP contribution in [-0.4, -0.2) is 12.8 Å². The van der Waals surface area contributed by atoms with E-state index in [9.17, 15) is 0 Å². The molecule has 0 saturated heterocycles. The van der Waals surface area contributed by atoms with Gasteiger partial charge >= 0.3 is 0 Å². The van der Waals surface area contributed by atoms with Gasteiger partial charge in [-0.25, -0.2) is 0 Å². The molecule has 0 N–H and O–H groups in total. The van der Waals surface area contributed by atoms with E-state index in [1.165, 1.54) is 0 Å². The fraction of sp³-hybridized carbons (Fsp3) is 0.500. The monoisotopic (exact) mass is 153 g/mol. The Hall–Kier alpha value is -0.503. The molecule has 1 aliphatic rings. The van der Waals surface area contributed by atoms with Crippen molar-refractivity contribution in [3.63, 3.8) is 0 Å². The average molecular weight is 153 g/mol. The van der Waals surface area contributed by atoms with E-state index in [1.807, 2.05) is 0 Å². The van der Waals surface area contributed by atoms with Gasteiger partial charge in [-0.2, -0.15) is 0 Å². The molecule has 0 aliphatic carbocycles. The van der Waals surface area contributed by atoms with Crippen molar-refractivity contribution in [2.75, 3.05) is 0 Å². The van der Waals surface area contributed by atoms with Crippen molar-refractivity contribution >= 4 is 8.24 Å². The number of hydrogen-bond acceptors (Lipinski definition) is 1. The van der Waals surface area contributed by atoms with Crippen LogP contribution in [0, 0.1) is 0 Å². The first-order valence-corrected chi connectivity index (χ1v) is 7.17. The number of hydrogen-bond donors (Lipinski definition) is 0. The minimum absolute atomic E-state index is 1.10. The van der Waals surface area contributed by atoms with Crippen LogP contribution in [-0.2, 0) is 0 Å². The number of allylic oxidation sites excluding steroid dienone is 2. The Kier molecular flexibility index (Phi) is 1.99. The minimum atomic E-state index is -1.10. The van der Waals surface area contributed by atoms with Crippen molar-refractivity contribution < 1.29 is 0 Å². The van der Waals surface area contributed by atoms with Gasteiger partial charge < -0.3 is 4.57 Å². The lowest BCUT2D eigenvalue weighted by Crippen LogP contribution is -2.38. The third-order valence-corrected chi connectivity index (χ3v) is 3.43. The predicted molar refractivity (Wildman–Crippen MR) is 48.1 cm³/mol. The van der Waals surface area contributed by atoms with Gasteiger partial charge in [-0.1, -0.05) is 31.8 Å². The van der Waals surface area contributed by atoms with E-state index >= 15 is 0 Å². The van der Waals surface area contributed by atoms with Crippen molar-refractivity contribution in [2.45, 2.75) is 26.1 Å². The maximum atomic E-state index is 2.36. The summed E-state index contributed by atoms with van der Waals surface area (Å²) in [7, 11) is -1.10. The van der Waals surface area contributed by atoms with E-state index in [0.717, 1.165) is 6.42 Å². The molecule has 0 saturated carbocycles. The molecule has 0 spiro atoms. The van der Waals surface area contributed by atoms with Crippen LogP contribution >= 0.6 is 0 Å². The van der Waals surface area contributed by atoms with Gasteiger partial charge in [-0.3, -0.25) is 0 Å². The van der Waals surface area contributed by atoms with Crippen LogP contribution in [0.25, 0.3) is 0 Å². The fourth-order valence-corrected chi connectivity index (χ4v) is 2.03. The third kappa shape index (κ3) is 1.74. The molecule has 0 atom stereocenters. The molecule has 0 aromatic rings. The molecule has 10 heavy (non-hydrogen) atoms. The van der Waals surface area contributed by atoms with E-state index in [-0.39, 0.29) is 0 Å². The summed E-state index contributed by atoms with van der Waals surface area (Å²) in [6.45, 7) is 7.02. The summed E-state index contributed by atoms with van der Waals surface area (Å²) < 4.78 is 2.36. The lowest BCUT2D eigenvalue weighted by Gasteiger charge is -2.30. The Morgan fingerprint density at radius 1 is 1.10 bits per heavy atom. The fourth-order valence-electron chi connectivity index (χ4n) is 0.924. The molecule has 1 nitrogen and oxygen atoms in total. The molecule has 0 aromatic heterocycles. The predicted octanol–water partition coefficient (Wildman–Crippen LogP) is 2.55. The first-order chi connectivity index (χ1) is 4.61. The summed E-state index contributed by atoms with van der Waals surface area (Å²) in [6.07, 6.45) is 9.91. The SMILES string of the molecule is C[Si](C)(C)N1C=CCC=C1. The van der Waals surface area contributed by atoms with Gasteiger partial charge in [-0.05, 0) is 18.8 Å². The summed E-state index contributed by atoms with van der Waals surface area (Å²) in [5.41, 5.74) is 0. The van der Waals surface area contributed by atoms with Gasteiger partial charge in [-0.15, -0.1) is 0 Å². The highest BCUT2D eigenvalue weighted by Gasteiger charge is 2.19. The molecule has 0 aromatic carbocycles. The summed E-state index contributed by atoms with van der Waals surface area (Å²) >= 11 is 0. The number of nitrogens with zero attached hydrogens (tertiary/aromatic N) is 1. The first-order valence-electron chi connectivity index (χ1n) is 3.72. The quantitative estimate of drug-likeness (QED) is 0.523. The zero-order chi connectivity index (χ0) is 7.61. The van der Waals surface area contributed by atoms with E-state index in [4.69, 9.17) is 0 Å². The molecule has 0 bridgehead atoms. The molecule has 2 heteroatoms. The second kappa shape index (κ2) is 2.62. The average Bonchev–Trinajstić information content (AvgIpc) is 1.88. The lowest BCUT2D eigenvalue weighted by atomic mass is 10.4. The van der Waals surface area contributed by atoms with Gasteiger partial charge in [0.2, 0.25) is 0 Å². The zero-order valence-corrected chi connectivity index (χ0v) is 7.96. The topological polar surface area (TPSA) is 3.24 Å². The van der Waals surface area contributed by atoms with Crippen LogP contribution in [0.3, 0.4) is 0 Å². The summed E-state index contributed by atoms with van der Waals surface area (Å²) in [5, 5.41) is 0. The molecular weight excluding hydrogens is 138 g/mol. The molecule has 1 heterocycles. The van der Waals surface area contributed by atoms with Gasteiger partial charge in [0.25, 0.3) is 0 Å². The van der Waals surface area contributed by atoms with Gasteiger partial charge in [0.1, 0.15) is 0 Å². The smallest absolute Gasteiger partial charge is 0.152 e. The normalized spacial score (nSPS) is 18.1. The van der Waals surface area contributed by atoms with Crippen molar-refractivity contribution in [2.24, 2.45) is 0 Å². The molecular formula is C8H15NSi. The first kappa shape index (κ1) is 7.60. The highest BCUT2D eigenvalue weighted by Crippen LogP contribution is 2.13. The molecule has 0 amide bonds. The second-order valence-corrected chi connectivity index (χ2v) is 8.44. The maximum absolute atomic E-state index is 2.36. The highest BCUT2D eigenvalue weighted by molar-refractivity contribution is 6.73. The van der Waals surface area contributed by atoms with Crippen molar-refractivity contribution in [1.29, 1.82) is 0 Å². The van der Waals surface area contributed by atoms with E-state index < -0.39 is 8.24 Å². The zero-order valence-electron chi connectivity index (χ0n) is 6.96. The lowest BCUT2D eigenvalue weighted by molar-refractivity contribution is 0.742. The van der Waals surface area contributed by atoms with Crippen molar-refractivity contribution in [1.82, 2.24) is 4.57 Å². The van der Waals surface area contributed by atoms with Crippen molar-refractivity contribution in [3.05, 3.63) is 24.6 Å². The van der Waals surface area contributed by atoms with Gasteiger partial charge in [0.05, 0.1) is 0 Å². The Morgan fingerprint density at radius 3 is 1.90 bits per heavy atom. The summed E-state index contributed by atoms with van der Waals surface area (Å²) in [6, 6.07) is 0. The molecule has 0 fully saturated rings. The standard InChI is InChI=1S/C8H15NSi/c1-10(2,3)9-7-5-4-6-8-9/h5-8H,4H2,1-3H3. The van der Waals surface area contributed by atoms with Crippen LogP contribution in [0.5, 0.6) is 0 Å². The molecule has 56 valence electrons. The van der Waals surface area contributed by atoms with Gasteiger partial charge in [0, 0.05) is 0 Å². The Balaban J connectivity index is 2.64. The maximum Gasteiger partial charge on any atom is 0.152 e. The van der Waals surface area contributed by atoms with Crippen LogP contribution < -0.4 is 0 Å². The highest BCUT2D eigenvalue weighted by atomic mass is 28.3. The van der Waals surface area contributed by atoms with E-state index in [1.54, 1.807) is 0 Å². The van der Waals surface area contributed by atoms with E-state index in [0.29, 0.717) is 0 Å². The summed E-state index contributed by atoms with van der Waals surface area (Å²) in [4.78, 5) is 0. The van der Waals surface area contributed by atoms with Crippen LogP contribution in [0.4, 0.5) is 0 Å². The minimum Gasteiger partial charge on any atom is -0.382 e. The van der Waals surface area contributed by atoms with Crippen molar-refractivity contribution in [3.8, 4) is 0 Å². The molecule has 1 rings (SSSR count). The van der Waals surface area contributed by atoms with E-state index in [2.05, 4.69) is 48.8 Å². The second-order valence-electron chi connectivity index (χ2n) is 3.58. The van der Waals surface area contributed by atoms with Crippen LogP contribution in [0.15, 0.2) is 24.6 Å². The largest absolute Gasteiger partial charge is 0.382 e. The van der Waals surface area contributed by atoms with Crippen LogP contribution in [0.1, 0.15) is 6.42 Å². The Labute approximate surface area is 64.1 Å².